The number of thiophene rings is 1. The van der Waals surface area contributed by atoms with Gasteiger partial charge in [0.25, 0.3) is 10.0 Å². The summed E-state index contributed by atoms with van der Waals surface area (Å²) in [5, 5.41) is 0.336. The lowest BCUT2D eigenvalue weighted by Crippen LogP contribution is -2.17. The predicted molar refractivity (Wildman–Crippen MR) is 106 cm³/mol. The maximum Gasteiger partial charge on any atom is 0.341 e. The van der Waals surface area contributed by atoms with Gasteiger partial charge in [0.15, 0.2) is 0 Å². The van der Waals surface area contributed by atoms with Crippen molar-refractivity contribution in [1.29, 1.82) is 0 Å². The molecule has 6 nitrogen and oxygen atoms in total. The van der Waals surface area contributed by atoms with Crippen molar-refractivity contribution >= 4 is 32.3 Å². The van der Waals surface area contributed by atoms with Gasteiger partial charge in [-0.15, -0.1) is 11.3 Å². The molecule has 0 spiro atoms. The third-order valence-electron chi connectivity index (χ3n) is 4.73. The zero-order chi connectivity index (χ0) is 19.8. The average Bonchev–Trinajstić information content (AvgIpc) is 2.96. The molecule has 0 aliphatic heterocycles. The Labute approximate surface area is 163 Å². The lowest BCUT2D eigenvalue weighted by atomic mass is 9.95. The highest BCUT2D eigenvalue weighted by Crippen LogP contribution is 2.40. The number of hydrogen-bond acceptors (Lipinski definition) is 6. The fourth-order valence-corrected chi connectivity index (χ4v) is 6.62. The normalized spacial score (nSPS) is 13.8. The second-order valence-corrected chi connectivity index (χ2v) is 9.33. The maximum absolute atomic E-state index is 13.1. The number of nitrogens with one attached hydrogen (secondary N) is 1. The number of anilines is 1. The minimum absolute atomic E-state index is 0.200. The molecular formula is C19H23NO5S2. The zero-order valence-corrected chi connectivity index (χ0v) is 17.5. The Kier molecular flexibility index (Phi) is 5.48. The number of ether oxygens (including phenoxy) is 2. The lowest BCUT2D eigenvalue weighted by Gasteiger charge is -2.14. The van der Waals surface area contributed by atoms with Crippen molar-refractivity contribution in [3.8, 4) is 5.75 Å². The Bertz CT molecular complexity index is 969. The van der Waals surface area contributed by atoms with Gasteiger partial charge < -0.3 is 9.47 Å². The van der Waals surface area contributed by atoms with Gasteiger partial charge in [0.1, 0.15) is 10.8 Å². The molecule has 1 aromatic carbocycles. The summed E-state index contributed by atoms with van der Waals surface area (Å²) in [7, 11) is -1.01. The molecule has 0 atom stereocenters. The van der Waals surface area contributed by atoms with Crippen molar-refractivity contribution in [2.75, 3.05) is 18.9 Å². The molecular weight excluding hydrogens is 386 g/mol. The Morgan fingerprint density at radius 3 is 2.33 bits per heavy atom. The molecule has 1 aliphatic rings. The van der Waals surface area contributed by atoms with E-state index in [0.29, 0.717) is 27.4 Å². The average molecular weight is 410 g/mol. The number of carbonyl (C=O) groups is 1. The van der Waals surface area contributed by atoms with Gasteiger partial charge in [0, 0.05) is 4.88 Å². The van der Waals surface area contributed by atoms with Gasteiger partial charge in [0.2, 0.25) is 0 Å². The summed E-state index contributed by atoms with van der Waals surface area (Å²) in [6, 6.07) is 3.37. The number of hydrogen-bond donors (Lipinski definition) is 1. The van der Waals surface area contributed by atoms with Crippen molar-refractivity contribution in [1.82, 2.24) is 0 Å². The molecule has 27 heavy (non-hydrogen) atoms. The van der Waals surface area contributed by atoms with Crippen molar-refractivity contribution in [3.63, 3.8) is 0 Å². The number of carbonyl (C=O) groups excluding carboxylic acids is 1. The molecule has 0 saturated heterocycles. The summed E-state index contributed by atoms with van der Waals surface area (Å²) in [5.74, 6) is 0.0982. The highest BCUT2D eigenvalue weighted by molar-refractivity contribution is 7.93. The topological polar surface area (TPSA) is 81.7 Å². The first-order valence-electron chi connectivity index (χ1n) is 8.69. The minimum atomic E-state index is -3.87. The number of aryl methyl sites for hydroxylation is 3. The van der Waals surface area contributed by atoms with Gasteiger partial charge in [-0.3, -0.25) is 4.72 Å². The number of esters is 1. The van der Waals surface area contributed by atoms with Crippen LogP contribution in [0, 0.1) is 13.8 Å². The number of methoxy groups -OCH3 is 2. The van der Waals surface area contributed by atoms with Gasteiger partial charge in [0.05, 0.1) is 24.7 Å². The number of fused-ring (bicyclic) bond motifs is 1. The Morgan fingerprint density at radius 2 is 1.74 bits per heavy atom. The molecule has 0 unspecified atom stereocenters. The smallest absolute Gasteiger partial charge is 0.341 e. The van der Waals surface area contributed by atoms with Crippen molar-refractivity contribution < 1.29 is 22.7 Å². The van der Waals surface area contributed by atoms with E-state index < -0.39 is 16.0 Å². The van der Waals surface area contributed by atoms with Crippen LogP contribution in [0.3, 0.4) is 0 Å². The first-order chi connectivity index (χ1) is 12.8. The summed E-state index contributed by atoms with van der Waals surface area (Å²) in [5.41, 5.74) is 2.43. The van der Waals surface area contributed by atoms with E-state index in [-0.39, 0.29) is 4.90 Å². The van der Waals surface area contributed by atoms with Crippen molar-refractivity contribution in [2.45, 2.75) is 44.4 Å². The highest BCUT2D eigenvalue weighted by atomic mass is 32.2. The molecule has 0 fully saturated rings. The molecule has 8 heteroatoms. The van der Waals surface area contributed by atoms with Crippen LogP contribution in [0.5, 0.6) is 5.75 Å². The first kappa shape index (κ1) is 19.7. The van der Waals surface area contributed by atoms with Crippen LogP contribution in [-0.4, -0.2) is 28.6 Å². The van der Waals surface area contributed by atoms with Gasteiger partial charge in [-0.1, -0.05) is 0 Å². The molecule has 2 aromatic rings. The highest BCUT2D eigenvalue weighted by Gasteiger charge is 2.29. The summed E-state index contributed by atoms with van der Waals surface area (Å²) in [4.78, 5) is 13.6. The largest absolute Gasteiger partial charge is 0.497 e. The maximum atomic E-state index is 13.1. The number of rotatable bonds is 5. The molecule has 0 amide bonds. The summed E-state index contributed by atoms with van der Waals surface area (Å²) < 4.78 is 39.0. The van der Waals surface area contributed by atoms with Crippen LogP contribution in [0.25, 0.3) is 0 Å². The fraction of sp³-hybridized carbons (Fsp3) is 0.421. The Hall–Kier alpha value is -2.06. The van der Waals surface area contributed by atoms with Gasteiger partial charge in [-0.2, -0.15) is 0 Å². The SMILES string of the molecule is COC(=O)c1c(NS(=O)(=O)c2c(C)cc(OC)cc2C)sc2c1CCCC2. The lowest BCUT2D eigenvalue weighted by molar-refractivity contribution is 0.0601. The van der Waals surface area contributed by atoms with Crippen LogP contribution in [0.1, 0.15) is 44.8 Å². The van der Waals surface area contributed by atoms with E-state index >= 15 is 0 Å². The molecule has 1 N–H and O–H groups in total. The van der Waals surface area contributed by atoms with E-state index in [2.05, 4.69) is 4.72 Å². The molecule has 0 saturated carbocycles. The second-order valence-electron chi connectivity index (χ2n) is 6.60. The number of benzene rings is 1. The standard InChI is InChI=1S/C19H23NO5S2/c1-11-9-13(24-3)10-12(2)17(11)27(22,23)20-18-16(19(21)25-4)14-7-5-6-8-15(14)26-18/h9-10,20H,5-8H2,1-4H3. The Balaban J connectivity index is 2.07. The van der Waals surface area contributed by atoms with Gasteiger partial charge in [-0.25, -0.2) is 13.2 Å². The van der Waals surface area contributed by atoms with Crippen LogP contribution < -0.4 is 9.46 Å². The van der Waals surface area contributed by atoms with Gasteiger partial charge >= 0.3 is 5.97 Å². The van der Waals surface area contributed by atoms with E-state index in [1.54, 1.807) is 33.1 Å². The molecule has 146 valence electrons. The van der Waals surface area contributed by atoms with E-state index in [1.807, 2.05) is 0 Å². The third kappa shape index (κ3) is 3.68. The molecule has 3 rings (SSSR count). The van der Waals surface area contributed by atoms with Crippen LogP contribution in [-0.2, 0) is 27.6 Å². The molecule has 1 aliphatic carbocycles. The van der Waals surface area contributed by atoms with Crippen molar-refractivity contribution in [3.05, 3.63) is 39.3 Å². The van der Waals surface area contributed by atoms with Crippen LogP contribution >= 0.6 is 11.3 Å². The van der Waals surface area contributed by atoms with Gasteiger partial charge in [-0.05, 0) is 68.4 Å². The zero-order valence-electron chi connectivity index (χ0n) is 15.8. The van der Waals surface area contributed by atoms with Crippen molar-refractivity contribution in [2.24, 2.45) is 0 Å². The quantitative estimate of drug-likeness (QED) is 0.759. The van der Waals surface area contributed by atoms with Crippen LogP contribution in [0.2, 0.25) is 0 Å². The molecule has 1 heterocycles. The third-order valence-corrected chi connectivity index (χ3v) is 7.72. The van der Waals surface area contributed by atoms with Crippen LogP contribution in [0.15, 0.2) is 17.0 Å². The summed E-state index contributed by atoms with van der Waals surface area (Å²) >= 11 is 1.33. The van der Waals surface area contributed by atoms with E-state index in [4.69, 9.17) is 9.47 Å². The van der Waals surface area contributed by atoms with Crippen LogP contribution in [0.4, 0.5) is 5.00 Å². The second kappa shape index (κ2) is 7.52. The molecule has 0 bridgehead atoms. The minimum Gasteiger partial charge on any atom is -0.497 e. The van der Waals surface area contributed by atoms with E-state index in [9.17, 15) is 13.2 Å². The fourth-order valence-electron chi connectivity index (χ4n) is 3.58. The first-order valence-corrected chi connectivity index (χ1v) is 11.0. The summed E-state index contributed by atoms with van der Waals surface area (Å²) in [6.45, 7) is 3.45. The summed E-state index contributed by atoms with van der Waals surface area (Å²) in [6.07, 6.45) is 3.64. The number of sulfonamides is 1. The van der Waals surface area contributed by atoms with E-state index in [0.717, 1.165) is 36.1 Å². The Morgan fingerprint density at radius 1 is 1.11 bits per heavy atom. The molecule has 1 aromatic heterocycles. The van der Waals surface area contributed by atoms with E-state index in [1.165, 1.54) is 18.4 Å². The molecule has 0 radical (unpaired) electrons. The predicted octanol–water partition coefficient (Wildman–Crippen LogP) is 3.84. The monoisotopic (exact) mass is 409 g/mol.